The minimum atomic E-state index is -3.44. The summed E-state index contributed by atoms with van der Waals surface area (Å²) in [6.07, 6.45) is 3.36. The van der Waals surface area contributed by atoms with Gasteiger partial charge in [-0.15, -0.1) is 0 Å². The molecule has 5 heteroatoms. The van der Waals surface area contributed by atoms with E-state index in [0.29, 0.717) is 13.0 Å². The van der Waals surface area contributed by atoms with E-state index in [-0.39, 0.29) is 0 Å². The first-order valence-electron chi connectivity index (χ1n) is 6.57. The second kappa shape index (κ2) is 7.50. The minimum absolute atomic E-state index is 0.431. The number of ether oxygens (including phenoxy) is 1. The SMILES string of the molecule is CCCCOc1ccc(C(CC)OS(C)(=O)=O)cc1. The molecule has 0 saturated carbocycles. The summed E-state index contributed by atoms with van der Waals surface area (Å²) in [4.78, 5) is 0. The Morgan fingerprint density at radius 3 is 2.26 bits per heavy atom. The Kier molecular flexibility index (Phi) is 6.31. The van der Waals surface area contributed by atoms with Gasteiger partial charge in [-0.2, -0.15) is 8.42 Å². The van der Waals surface area contributed by atoms with Crippen molar-refractivity contribution in [3.63, 3.8) is 0 Å². The van der Waals surface area contributed by atoms with E-state index in [0.717, 1.165) is 30.4 Å². The van der Waals surface area contributed by atoms with Crippen LogP contribution in [0.4, 0.5) is 0 Å². The maximum atomic E-state index is 11.2. The molecule has 0 aliphatic rings. The zero-order valence-electron chi connectivity index (χ0n) is 11.8. The van der Waals surface area contributed by atoms with Crippen LogP contribution in [0.1, 0.15) is 44.8 Å². The summed E-state index contributed by atoms with van der Waals surface area (Å²) in [6.45, 7) is 4.70. The third-order valence-corrected chi connectivity index (χ3v) is 3.26. The monoisotopic (exact) mass is 286 g/mol. The van der Waals surface area contributed by atoms with Crippen LogP contribution in [0.15, 0.2) is 24.3 Å². The van der Waals surface area contributed by atoms with Crippen molar-refractivity contribution in [2.75, 3.05) is 12.9 Å². The van der Waals surface area contributed by atoms with E-state index in [1.807, 2.05) is 31.2 Å². The maximum Gasteiger partial charge on any atom is 0.264 e. The van der Waals surface area contributed by atoms with Crippen LogP contribution in [0.25, 0.3) is 0 Å². The molecule has 19 heavy (non-hydrogen) atoms. The van der Waals surface area contributed by atoms with Gasteiger partial charge in [-0.3, -0.25) is 4.18 Å². The molecule has 108 valence electrons. The molecule has 0 aromatic heterocycles. The largest absolute Gasteiger partial charge is 0.494 e. The van der Waals surface area contributed by atoms with Crippen molar-refractivity contribution < 1.29 is 17.3 Å². The van der Waals surface area contributed by atoms with Crippen LogP contribution < -0.4 is 4.74 Å². The average Bonchev–Trinajstić information content (AvgIpc) is 2.36. The van der Waals surface area contributed by atoms with Crippen LogP contribution in [0.5, 0.6) is 5.75 Å². The zero-order chi connectivity index (χ0) is 14.3. The van der Waals surface area contributed by atoms with E-state index in [2.05, 4.69) is 6.92 Å². The fourth-order valence-corrected chi connectivity index (χ4v) is 2.35. The van der Waals surface area contributed by atoms with Gasteiger partial charge in [-0.1, -0.05) is 32.4 Å². The summed E-state index contributed by atoms with van der Waals surface area (Å²) in [5, 5.41) is 0. The molecular formula is C14H22O4S. The van der Waals surface area contributed by atoms with E-state index in [1.165, 1.54) is 0 Å². The summed E-state index contributed by atoms with van der Waals surface area (Å²) in [6, 6.07) is 7.39. The van der Waals surface area contributed by atoms with Gasteiger partial charge in [0, 0.05) is 0 Å². The molecule has 1 atom stereocenters. The number of rotatable bonds is 8. The third kappa shape index (κ3) is 6.07. The van der Waals surface area contributed by atoms with Crippen molar-refractivity contribution in [3.05, 3.63) is 29.8 Å². The lowest BCUT2D eigenvalue weighted by molar-refractivity contribution is 0.211. The van der Waals surface area contributed by atoms with Gasteiger partial charge in [0.15, 0.2) is 0 Å². The Bertz CT molecular complexity index is 465. The van der Waals surface area contributed by atoms with Crippen LogP contribution in [0.2, 0.25) is 0 Å². The fraction of sp³-hybridized carbons (Fsp3) is 0.571. The average molecular weight is 286 g/mol. The Morgan fingerprint density at radius 2 is 1.79 bits per heavy atom. The van der Waals surface area contributed by atoms with E-state index < -0.39 is 16.2 Å². The first-order valence-corrected chi connectivity index (χ1v) is 8.39. The Labute approximate surface area is 115 Å². The molecule has 0 saturated heterocycles. The smallest absolute Gasteiger partial charge is 0.264 e. The van der Waals surface area contributed by atoms with Crippen LogP contribution in [-0.4, -0.2) is 21.3 Å². The molecule has 0 aliphatic heterocycles. The van der Waals surface area contributed by atoms with E-state index in [9.17, 15) is 8.42 Å². The molecule has 0 bridgehead atoms. The van der Waals surface area contributed by atoms with Crippen LogP contribution in [0, 0.1) is 0 Å². The molecular weight excluding hydrogens is 264 g/mol. The topological polar surface area (TPSA) is 52.6 Å². The number of hydrogen-bond acceptors (Lipinski definition) is 4. The highest BCUT2D eigenvalue weighted by Crippen LogP contribution is 2.25. The van der Waals surface area contributed by atoms with Crippen LogP contribution in [0.3, 0.4) is 0 Å². The lowest BCUT2D eigenvalue weighted by atomic mass is 10.1. The molecule has 0 radical (unpaired) electrons. The van der Waals surface area contributed by atoms with E-state index in [1.54, 1.807) is 0 Å². The number of hydrogen-bond donors (Lipinski definition) is 0. The molecule has 0 heterocycles. The molecule has 0 aliphatic carbocycles. The van der Waals surface area contributed by atoms with Crippen molar-refractivity contribution in [1.29, 1.82) is 0 Å². The summed E-state index contributed by atoms with van der Waals surface area (Å²) in [5.74, 6) is 0.798. The van der Waals surface area contributed by atoms with Crippen molar-refractivity contribution in [3.8, 4) is 5.75 Å². The quantitative estimate of drug-likeness (QED) is 0.543. The molecule has 1 aromatic carbocycles. The first kappa shape index (κ1) is 16.0. The molecule has 4 nitrogen and oxygen atoms in total. The van der Waals surface area contributed by atoms with Gasteiger partial charge in [0.1, 0.15) is 11.9 Å². The molecule has 0 spiro atoms. The fourth-order valence-electron chi connectivity index (χ4n) is 1.68. The molecule has 1 aromatic rings. The Hall–Kier alpha value is -1.07. The highest BCUT2D eigenvalue weighted by Gasteiger charge is 2.15. The second-order valence-electron chi connectivity index (χ2n) is 4.47. The standard InChI is InChI=1S/C14H22O4S/c1-4-6-11-17-13-9-7-12(8-10-13)14(5-2)18-19(3,15)16/h7-10,14H,4-6,11H2,1-3H3. The van der Waals surface area contributed by atoms with Gasteiger partial charge < -0.3 is 4.74 Å². The molecule has 1 rings (SSSR count). The lowest BCUT2D eigenvalue weighted by Gasteiger charge is -2.15. The maximum absolute atomic E-state index is 11.2. The van der Waals surface area contributed by atoms with Gasteiger partial charge in [0.05, 0.1) is 12.9 Å². The Balaban J connectivity index is 2.68. The van der Waals surface area contributed by atoms with E-state index >= 15 is 0 Å². The van der Waals surface area contributed by atoms with Crippen LogP contribution >= 0.6 is 0 Å². The van der Waals surface area contributed by atoms with E-state index in [4.69, 9.17) is 8.92 Å². The first-order chi connectivity index (χ1) is 8.96. The predicted octanol–water partition coefficient (Wildman–Crippen LogP) is 3.29. The zero-order valence-corrected chi connectivity index (χ0v) is 12.6. The summed E-state index contributed by atoms with van der Waals surface area (Å²) >= 11 is 0. The molecule has 0 N–H and O–H groups in total. The van der Waals surface area contributed by atoms with Crippen molar-refractivity contribution in [1.82, 2.24) is 0 Å². The van der Waals surface area contributed by atoms with Gasteiger partial charge in [-0.25, -0.2) is 0 Å². The van der Waals surface area contributed by atoms with Gasteiger partial charge in [0.2, 0.25) is 0 Å². The van der Waals surface area contributed by atoms with Gasteiger partial charge >= 0.3 is 0 Å². The summed E-state index contributed by atoms with van der Waals surface area (Å²) in [7, 11) is -3.44. The molecule has 0 fully saturated rings. The van der Waals surface area contributed by atoms with Gasteiger partial charge in [0.25, 0.3) is 10.1 Å². The molecule has 0 amide bonds. The van der Waals surface area contributed by atoms with Crippen molar-refractivity contribution >= 4 is 10.1 Å². The van der Waals surface area contributed by atoms with Crippen LogP contribution in [-0.2, 0) is 14.3 Å². The lowest BCUT2D eigenvalue weighted by Crippen LogP contribution is -2.09. The van der Waals surface area contributed by atoms with Crippen molar-refractivity contribution in [2.45, 2.75) is 39.2 Å². The number of unbranched alkanes of at least 4 members (excludes halogenated alkanes) is 1. The number of benzene rings is 1. The second-order valence-corrected chi connectivity index (χ2v) is 6.07. The summed E-state index contributed by atoms with van der Waals surface area (Å²) < 4.78 is 32.9. The minimum Gasteiger partial charge on any atom is -0.494 e. The van der Waals surface area contributed by atoms with Gasteiger partial charge in [-0.05, 0) is 30.5 Å². The summed E-state index contributed by atoms with van der Waals surface area (Å²) in [5.41, 5.74) is 0.843. The normalized spacial score (nSPS) is 13.2. The predicted molar refractivity (Wildman–Crippen MR) is 75.8 cm³/mol. The highest BCUT2D eigenvalue weighted by atomic mass is 32.2. The van der Waals surface area contributed by atoms with Crippen molar-refractivity contribution in [2.24, 2.45) is 0 Å². The highest BCUT2D eigenvalue weighted by molar-refractivity contribution is 7.86. The Morgan fingerprint density at radius 1 is 1.16 bits per heavy atom. The third-order valence-electron chi connectivity index (χ3n) is 2.68. The molecule has 1 unspecified atom stereocenters.